The molecule has 0 N–H and O–H groups in total. The molecule has 0 bridgehead atoms. The predicted molar refractivity (Wildman–Crippen MR) is 112 cm³/mol. The lowest BCUT2D eigenvalue weighted by atomic mass is 9.87. The van der Waals surface area contributed by atoms with Gasteiger partial charge in [0.1, 0.15) is 12.6 Å². The molecule has 4 rings (SSSR count). The van der Waals surface area contributed by atoms with Crippen LogP contribution in [0.3, 0.4) is 0 Å². The molecule has 1 aliphatic rings. The Bertz CT molecular complexity index is 1030. The second-order valence-corrected chi connectivity index (χ2v) is 7.16. The van der Waals surface area contributed by atoms with E-state index in [-0.39, 0.29) is 18.8 Å². The number of ketones is 1. The Balaban J connectivity index is 1.63. The number of amides is 2. The molecule has 0 saturated carbocycles. The minimum Gasteiger partial charge on any atom is -0.446 e. The van der Waals surface area contributed by atoms with Gasteiger partial charge in [-0.1, -0.05) is 91.0 Å². The predicted octanol–water partition coefficient (Wildman–Crippen LogP) is 4.76. The smallest absolute Gasteiger partial charge is 0.417 e. The van der Waals surface area contributed by atoms with Crippen molar-refractivity contribution in [2.24, 2.45) is 0 Å². The van der Waals surface area contributed by atoms with Gasteiger partial charge in [-0.25, -0.2) is 9.69 Å². The molecule has 2 atom stereocenters. The second kappa shape index (κ2) is 8.74. The van der Waals surface area contributed by atoms with Crippen molar-refractivity contribution >= 4 is 17.8 Å². The SMILES string of the molecule is O=C(c1ccccc1)[C@@H](CC(=O)N1C(=O)OC[C@H]1c1ccccc1)c1ccccc1. The van der Waals surface area contributed by atoms with Crippen molar-refractivity contribution in [2.45, 2.75) is 18.4 Å². The molecular weight excluding hydrogens is 378 g/mol. The van der Waals surface area contributed by atoms with Gasteiger partial charge < -0.3 is 4.74 Å². The number of nitrogens with zero attached hydrogens (tertiary/aromatic N) is 1. The summed E-state index contributed by atoms with van der Waals surface area (Å²) >= 11 is 0. The number of cyclic esters (lactones) is 1. The molecule has 1 saturated heterocycles. The Morgan fingerprint density at radius 3 is 2.07 bits per heavy atom. The Labute approximate surface area is 174 Å². The van der Waals surface area contributed by atoms with Gasteiger partial charge in [0, 0.05) is 12.0 Å². The molecule has 0 unspecified atom stereocenters. The van der Waals surface area contributed by atoms with Crippen molar-refractivity contribution in [1.29, 1.82) is 0 Å². The Kier molecular flexibility index (Phi) is 5.70. The molecule has 1 heterocycles. The highest BCUT2D eigenvalue weighted by atomic mass is 16.6. The average Bonchev–Trinajstić information content (AvgIpc) is 3.20. The highest BCUT2D eigenvalue weighted by molar-refractivity contribution is 6.04. The van der Waals surface area contributed by atoms with Gasteiger partial charge in [-0.2, -0.15) is 0 Å². The first kappa shape index (κ1) is 19.6. The van der Waals surface area contributed by atoms with E-state index in [1.807, 2.05) is 66.7 Å². The zero-order valence-corrected chi connectivity index (χ0v) is 16.3. The molecule has 5 heteroatoms. The van der Waals surface area contributed by atoms with Crippen LogP contribution >= 0.6 is 0 Å². The van der Waals surface area contributed by atoms with E-state index < -0.39 is 24.0 Å². The van der Waals surface area contributed by atoms with Crippen molar-refractivity contribution in [1.82, 2.24) is 4.90 Å². The fraction of sp³-hybridized carbons (Fsp3) is 0.160. The monoisotopic (exact) mass is 399 g/mol. The van der Waals surface area contributed by atoms with E-state index in [0.29, 0.717) is 5.56 Å². The minimum absolute atomic E-state index is 0.108. The van der Waals surface area contributed by atoms with E-state index >= 15 is 0 Å². The quantitative estimate of drug-likeness (QED) is 0.561. The van der Waals surface area contributed by atoms with Crippen LogP contribution in [0.15, 0.2) is 91.0 Å². The van der Waals surface area contributed by atoms with Crippen molar-refractivity contribution in [3.05, 3.63) is 108 Å². The van der Waals surface area contributed by atoms with E-state index in [4.69, 9.17) is 4.74 Å². The maximum atomic E-state index is 13.2. The fourth-order valence-electron chi connectivity index (χ4n) is 3.74. The molecule has 1 fully saturated rings. The number of hydrogen-bond acceptors (Lipinski definition) is 4. The fourth-order valence-corrected chi connectivity index (χ4v) is 3.74. The van der Waals surface area contributed by atoms with Gasteiger partial charge in [0.25, 0.3) is 0 Å². The second-order valence-electron chi connectivity index (χ2n) is 7.16. The standard InChI is InChI=1S/C25H21NO4/c27-23(26-22(17-30-25(26)29)19-12-6-2-7-13-19)16-21(18-10-4-1-5-11-18)24(28)20-14-8-3-9-15-20/h1-15,21-22H,16-17H2/t21-,22-/m0/s1. The molecule has 1 aliphatic heterocycles. The maximum Gasteiger partial charge on any atom is 0.417 e. The summed E-state index contributed by atoms with van der Waals surface area (Å²) in [6.07, 6.45) is -0.788. The van der Waals surface area contributed by atoms with Gasteiger partial charge in [0.2, 0.25) is 5.91 Å². The van der Waals surface area contributed by atoms with Crippen LogP contribution in [0.4, 0.5) is 4.79 Å². The molecular formula is C25H21NO4. The number of carbonyl (C=O) groups excluding carboxylic acids is 3. The minimum atomic E-state index is -0.689. The zero-order valence-electron chi connectivity index (χ0n) is 16.3. The van der Waals surface area contributed by atoms with E-state index in [2.05, 4.69) is 0 Å². The summed E-state index contributed by atoms with van der Waals surface area (Å²) in [5, 5.41) is 0. The molecule has 0 spiro atoms. The summed E-state index contributed by atoms with van der Waals surface area (Å²) in [6.45, 7) is 0.108. The number of carbonyl (C=O) groups is 3. The normalized spacial score (nSPS) is 16.7. The molecule has 3 aromatic rings. The molecule has 150 valence electrons. The largest absolute Gasteiger partial charge is 0.446 e. The van der Waals surface area contributed by atoms with E-state index in [1.54, 1.807) is 24.3 Å². The number of hydrogen-bond donors (Lipinski definition) is 0. The number of imide groups is 1. The van der Waals surface area contributed by atoms with Crippen molar-refractivity contribution < 1.29 is 19.1 Å². The molecule has 0 radical (unpaired) electrons. The third kappa shape index (κ3) is 4.01. The molecule has 0 aromatic heterocycles. The van der Waals surface area contributed by atoms with Crippen molar-refractivity contribution in [3.63, 3.8) is 0 Å². The van der Waals surface area contributed by atoms with Crippen LogP contribution in [0, 0.1) is 0 Å². The molecule has 3 aromatic carbocycles. The summed E-state index contributed by atoms with van der Waals surface area (Å²) in [6, 6.07) is 26.9. The Morgan fingerprint density at radius 1 is 0.867 bits per heavy atom. The number of ether oxygens (including phenoxy) is 1. The summed E-state index contributed by atoms with van der Waals surface area (Å²) in [4.78, 5) is 40.0. The molecule has 30 heavy (non-hydrogen) atoms. The summed E-state index contributed by atoms with van der Waals surface area (Å²) < 4.78 is 5.17. The van der Waals surface area contributed by atoms with Crippen molar-refractivity contribution in [2.75, 3.05) is 6.61 Å². The number of rotatable bonds is 6. The van der Waals surface area contributed by atoms with Crippen LogP contribution in [0.2, 0.25) is 0 Å². The van der Waals surface area contributed by atoms with Crippen LogP contribution in [-0.2, 0) is 9.53 Å². The highest BCUT2D eigenvalue weighted by Crippen LogP contribution is 2.32. The van der Waals surface area contributed by atoms with E-state index in [1.165, 1.54) is 0 Å². The first-order chi connectivity index (χ1) is 14.6. The van der Waals surface area contributed by atoms with Crippen LogP contribution < -0.4 is 0 Å². The van der Waals surface area contributed by atoms with Gasteiger partial charge in [0.15, 0.2) is 5.78 Å². The number of benzene rings is 3. The van der Waals surface area contributed by atoms with Crippen LogP contribution in [0.1, 0.15) is 39.9 Å². The lowest BCUT2D eigenvalue weighted by Crippen LogP contribution is -2.36. The van der Waals surface area contributed by atoms with E-state index in [9.17, 15) is 14.4 Å². The Hall–Kier alpha value is -3.73. The first-order valence-electron chi connectivity index (χ1n) is 9.83. The summed E-state index contributed by atoms with van der Waals surface area (Å²) in [5.74, 6) is -1.27. The molecule has 0 aliphatic carbocycles. The van der Waals surface area contributed by atoms with Gasteiger partial charge in [0.05, 0.1) is 5.92 Å². The van der Waals surface area contributed by atoms with Crippen LogP contribution in [0.25, 0.3) is 0 Å². The summed E-state index contributed by atoms with van der Waals surface area (Å²) in [7, 11) is 0. The van der Waals surface area contributed by atoms with Crippen LogP contribution in [-0.4, -0.2) is 29.3 Å². The third-order valence-corrected chi connectivity index (χ3v) is 5.28. The zero-order chi connectivity index (χ0) is 20.9. The van der Waals surface area contributed by atoms with Gasteiger partial charge in [-0.3, -0.25) is 9.59 Å². The lowest BCUT2D eigenvalue weighted by Gasteiger charge is -2.23. The van der Waals surface area contributed by atoms with E-state index in [0.717, 1.165) is 16.0 Å². The average molecular weight is 399 g/mol. The molecule has 2 amide bonds. The first-order valence-corrected chi connectivity index (χ1v) is 9.83. The van der Waals surface area contributed by atoms with Crippen molar-refractivity contribution in [3.8, 4) is 0 Å². The summed E-state index contributed by atoms with van der Waals surface area (Å²) in [5.41, 5.74) is 2.09. The Morgan fingerprint density at radius 2 is 1.43 bits per heavy atom. The van der Waals surface area contributed by atoms with Gasteiger partial charge >= 0.3 is 6.09 Å². The number of Topliss-reactive ketones (excluding diaryl/α,β-unsaturated/α-hetero) is 1. The van der Waals surface area contributed by atoms with Gasteiger partial charge in [-0.15, -0.1) is 0 Å². The topological polar surface area (TPSA) is 63.7 Å². The highest BCUT2D eigenvalue weighted by Gasteiger charge is 2.40. The molecule has 5 nitrogen and oxygen atoms in total. The maximum absolute atomic E-state index is 13.2. The third-order valence-electron chi connectivity index (χ3n) is 5.28. The van der Waals surface area contributed by atoms with Gasteiger partial charge in [-0.05, 0) is 11.1 Å². The lowest BCUT2D eigenvalue weighted by molar-refractivity contribution is -0.129. The van der Waals surface area contributed by atoms with Crippen LogP contribution in [0.5, 0.6) is 0 Å².